The number of carbonyl (C=O) groups is 1. The van der Waals surface area contributed by atoms with Gasteiger partial charge < -0.3 is 15.5 Å². The summed E-state index contributed by atoms with van der Waals surface area (Å²) in [6, 6.07) is 7.16. The lowest BCUT2D eigenvalue weighted by Crippen LogP contribution is -2.34. The van der Waals surface area contributed by atoms with E-state index in [1.54, 1.807) is 12.1 Å². The molecule has 2 atom stereocenters. The normalized spacial score (nSPS) is 13.8. The van der Waals surface area contributed by atoms with Crippen molar-refractivity contribution in [2.75, 3.05) is 6.54 Å². The van der Waals surface area contributed by atoms with Crippen LogP contribution in [0.5, 0.6) is 0 Å². The first-order valence-electron chi connectivity index (χ1n) is 5.78. The van der Waals surface area contributed by atoms with Gasteiger partial charge in [0.25, 0.3) is 0 Å². The largest absolute Gasteiger partial charge is 0.388 e. The summed E-state index contributed by atoms with van der Waals surface area (Å²) in [7, 11) is 0. The van der Waals surface area contributed by atoms with Gasteiger partial charge in [0.05, 0.1) is 0 Å². The quantitative estimate of drug-likeness (QED) is 0.735. The standard InChI is InChI=1S/C14H19NO3/c1-9(2)11-4-6-12(7-5-11)14(18)13(17)8-15-10(3)16/h4-7,13-14,17-18H,1,8H2,2-3H3,(H,15,16). The average Bonchev–Trinajstić information content (AvgIpc) is 2.35. The van der Waals surface area contributed by atoms with Gasteiger partial charge in [-0.1, -0.05) is 36.4 Å². The molecule has 0 bridgehead atoms. The van der Waals surface area contributed by atoms with Crippen molar-refractivity contribution < 1.29 is 15.0 Å². The molecule has 1 aromatic rings. The number of allylic oxidation sites excluding steroid dienone is 1. The Morgan fingerprint density at radius 1 is 1.28 bits per heavy atom. The first-order valence-corrected chi connectivity index (χ1v) is 5.78. The zero-order valence-corrected chi connectivity index (χ0v) is 10.7. The van der Waals surface area contributed by atoms with Crippen molar-refractivity contribution in [1.29, 1.82) is 0 Å². The van der Waals surface area contributed by atoms with Gasteiger partial charge in [-0.3, -0.25) is 4.79 Å². The molecular formula is C14H19NO3. The minimum atomic E-state index is -1.02. The SMILES string of the molecule is C=C(C)c1ccc(C(O)C(O)CNC(C)=O)cc1. The molecule has 4 nitrogen and oxygen atoms in total. The molecular weight excluding hydrogens is 230 g/mol. The van der Waals surface area contributed by atoms with E-state index in [2.05, 4.69) is 11.9 Å². The summed E-state index contributed by atoms with van der Waals surface area (Å²) in [5.74, 6) is -0.237. The van der Waals surface area contributed by atoms with Gasteiger partial charge in [0, 0.05) is 13.5 Å². The highest BCUT2D eigenvalue weighted by molar-refractivity contribution is 5.72. The molecule has 0 aliphatic rings. The molecule has 0 aromatic heterocycles. The van der Waals surface area contributed by atoms with Gasteiger partial charge in [-0.05, 0) is 18.1 Å². The highest BCUT2D eigenvalue weighted by atomic mass is 16.3. The van der Waals surface area contributed by atoms with Crippen LogP contribution < -0.4 is 5.32 Å². The molecule has 0 aliphatic carbocycles. The zero-order valence-electron chi connectivity index (χ0n) is 10.7. The van der Waals surface area contributed by atoms with Crippen LogP contribution in [-0.2, 0) is 4.79 Å². The van der Waals surface area contributed by atoms with E-state index >= 15 is 0 Å². The molecule has 0 fully saturated rings. The predicted octanol–water partition coefficient (Wildman–Crippen LogP) is 1.25. The summed E-state index contributed by atoms with van der Waals surface area (Å²) in [6.07, 6.45) is -2.04. The van der Waals surface area contributed by atoms with Crippen LogP contribution in [0.25, 0.3) is 5.57 Å². The molecule has 98 valence electrons. The van der Waals surface area contributed by atoms with E-state index in [4.69, 9.17) is 0 Å². The Balaban J connectivity index is 2.68. The fourth-order valence-electron chi connectivity index (χ4n) is 1.55. The van der Waals surface area contributed by atoms with E-state index < -0.39 is 12.2 Å². The third-order valence-corrected chi connectivity index (χ3v) is 2.67. The van der Waals surface area contributed by atoms with Crippen molar-refractivity contribution in [1.82, 2.24) is 5.32 Å². The van der Waals surface area contributed by atoms with Crippen LogP contribution in [0, 0.1) is 0 Å². The number of rotatable bonds is 5. The molecule has 3 N–H and O–H groups in total. The van der Waals surface area contributed by atoms with Crippen LogP contribution in [0.3, 0.4) is 0 Å². The predicted molar refractivity (Wildman–Crippen MR) is 70.8 cm³/mol. The van der Waals surface area contributed by atoms with E-state index in [9.17, 15) is 15.0 Å². The third kappa shape index (κ3) is 3.98. The second-order valence-corrected chi connectivity index (χ2v) is 4.35. The molecule has 1 rings (SSSR count). The summed E-state index contributed by atoms with van der Waals surface area (Å²) in [5, 5.41) is 22.1. The molecule has 0 spiro atoms. The molecule has 1 aromatic carbocycles. The van der Waals surface area contributed by atoms with Crippen molar-refractivity contribution >= 4 is 11.5 Å². The Morgan fingerprint density at radius 3 is 2.28 bits per heavy atom. The number of hydrogen-bond donors (Lipinski definition) is 3. The first kappa shape index (κ1) is 14.4. The molecule has 0 aliphatic heterocycles. The summed E-state index contributed by atoms with van der Waals surface area (Å²) in [6.45, 7) is 7.11. The van der Waals surface area contributed by atoms with Crippen molar-refractivity contribution in [2.45, 2.75) is 26.1 Å². The van der Waals surface area contributed by atoms with Crippen LogP contribution in [0.4, 0.5) is 0 Å². The van der Waals surface area contributed by atoms with Gasteiger partial charge in [-0.2, -0.15) is 0 Å². The number of aliphatic hydroxyl groups is 2. The van der Waals surface area contributed by atoms with E-state index in [-0.39, 0.29) is 12.5 Å². The molecule has 0 radical (unpaired) electrons. The van der Waals surface area contributed by atoms with Crippen LogP contribution in [0.2, 0.25) is 0 Å². The first-order chi connectivity index (χ1) is 8.41. The van der Waals surface area contributed by atoms with E-state index in [0.717, 1.165) is 11.1 Å². The maximum atomic E-state index is 10.7. The average molecular weight is 249 g/mol. The highest BCUT2D eigenvalue weighted by Gasteiger charge is 2.18. The second kappa shape index (κ2) is 6.33. The van der Waals surface area contributed by atoms with Gasteiger partial charge >= 0.3 is 0 Å². The minimum Gasteiger partial charge on any atom is -0.388 e. The fraction of sp³-hybridized carbons (Fsp3) is 0.357. The molecule has 18 heavy (non-hydrogen) atoms. The maximum Gasteiger partial charge on any atom is 0.216 e. The van der Waals surface area contributed by atoms with Crippen molar-refractivity contribution in [3.8, 4) is 0 Å². The van der Waals surface area contributed by atoms with E-state index in [0.29, 0.717) is 5.56 Å². The summed E-state index contributed by atoms with van der Waals surface area (Å²) in [4.78, 5) is 10.7. The topological polar surface area (TPSA) is 69.6 Å². The summed E-state index contributed by atoms with van der Waals surface area (Å²) in [5.41, 5.74) is 2.54. The highest BCUT2D eigenvalue weighted by Crippen LogP contribution is 2.19. The third-order valence-electron chi connectivity index (χ3n) is 2.67. The molecule has 0 heterocycles. The van der Waals surface area contributed by atoms with Crippen LogP contribution in [0.15, 0.2) is 30.8 Å². The van der Waals surface area contributed by atoms with Crippen molar-refractivity contribution in [2.24, 2.45) is 0 Å². The summed E-state index contributed by atoms with van der Waals surface area (Å²) >= 11 is 0. The lowest BCUT2D eigenvalue weighted by Gasteiger charge is -2.18. The van der Waals surface area contributed by atoms with Gasteiger partial charge in [0.15, 0.2) is 0 Å². The molecule has 0 saturated heterocycles. The van der Waals surface area contributed by atoms with Gasteiger partial charge in [-0.15, -0.1) is 0 Å². The molecule has 0 saturated carbocycles. The van der Waals surface area contributed by atoms with Crippen molar-refractivity contribution in [3.63, 3.8) is 0 Å². The minimum absolute atomic E-state index is 0.0265. The van der Waals surface area contributed by atoms with Gasteiger partial charge in [0.1, 0.15) is 12.2 Å². The lowest BCUT2D eigenvalue weighted by molar-refractivity contribution is -0.119. The zero-order chi connectivity index (χ0) is 13.7. The van der Waals surface area contributed by atoms with Crippen LogP contribution >= 0.6 is 0 Å². The van der Waals surface area contributed by atoms with Gasteiger partial charge in [-0.25, -0.2) is 0 Å². The Morgan fingerprint density at radius 2 is 1.83 bits per heavy atom. The Hall–Kier alpha value is -1.65. The van der Waals surface area contributed by atoms with Crippen molar-refractivity contribution in [3.05, 3.63) is 42.0 Å². The van der Waals surface area contributed by atoms with Crippen LogP contribution in [-0.4, -0.2) is 28.8 Å². The molecule has 4 heteroatoms. The van der Waals surface area contributed by atoms with E-state index in [1.165, 1.54) is 6.92 Å². The van der Waals surface area contributed by atoms with Gasteiger partial charge in [0.2, 0.25) is 5.91 Å². The smallest absolute Gasteiger partial charge is 0.216 e. The number of benzene rings is 1. The Labute approximate surface area is 107 Å². The van der Waals surface area contributed by atoms with Crippen LogP contribution in [0.1, 0.15) is 31.1 Å². The Kier molecular flexibility index (Phi) is 5.07. The molecule has 1 amide bonds. The second-order valence-electron chi connectivity index (χ2n) is 4.35. The fourth-order valence-corrected chi connectivity index (χ4v) is 1.55. The lowest BCUT2D eigenvalue weighted by atomic mass is 10.0. The summed E-state index contributed by atoms with van der Waals surface area (Å²) < 4.78 is 0. The monoisotopic (exact) mass is 249 g/mol. The number of hydrogen-bond acceptors (Lipinski definition) is 3. The maximum absolute atomic E-state index is 10.7. The number of carbonyl (C=O) groups excluding carboxylic acids is 1. The van der Waals surface area contributed by atoms with E-state index in [1.807, 2.05) is 19.1 Å². The number of aliphatic hydroxyl groups excluding tert-OH is 2. The Bertz CT molecular complexity index is 425. The molecule has 2 unspecified atom stereocenters. The number of amides is 1. The number of nitrogens with one attached hydrogen (secondary N) is 1.